The van der Waals surface area contributed by atoms with E-state index < -0.39 is 24.2 Å². The number of hydrogen-bond donors (Lipinski definition) is 1. The molecule has 0 aliphatic rings. The van der Waals surface area contributed by atoms with Crippen LogP contribution in [0.15, 0.2) is 66.1 Å². The van der Waals surface area contributed by atoms with Crippen LogP contribution in [-0.4, -0.2) is 52.7 Å². The molecule has 1 aromatic heterocycles. The molecule has 1 N–H and O–H groups in total. The van der Waals surface area contributed by atoms with Gasteiger partial charge in [-0.3, -0.25) is 14.2 Å². The van der Waals surface area contributed by atoms with E-state index in [1.807, 2.05) is 24.3 Å². The van der Waals surface area contributed by atoms with E-state index in [4.69, 9.17) is 4.74 Å². The Morgan fingerprint density at radius 3 is 2.67 bits per heavy atom. The number of halogens is 3. The Balaban J connectivity index is 1.58. The first-order valence-corrected chi connectivity index (χ1v) is 10.7. The Morgan fingerprint density at radius 1 is 1.18 bits per heavy atom. The molecule has 0 bridgehead atoms. The number of alkyl halides is 3. The third kappa shape index (κ3) is 6.28. The number of ether oxygens (including phenoxy) is 1. The van der Waals surface area contributed by atoms with E-state index >= 15 is 0 Å². The van der Waals surface area contributed by atoms with Crippen LogP contribution in [-0.2, 0) is 15.8 Å². The van der Waals surface area contributed by atoms with Crippen LogP contribution < -0.4 is 10.1 Å². The number of likely N-dealkylation sites (N-methyl/N-ethyl adjacent to an activating group) is 1. The zero-order valence-electron chi connectivity index (χ0n) is 17.8. The second-order valence-corrected chi connectivity index (χ2v) is 7.85. The fourth-order valence-electron chi connectivity index (χ4n) is 2.92. The van der Waals surface area contributed by atoms with Crippen molar-refractivity contribution in [1.29, 1.82) is 0 Å². The van der Waals surface area contributed by atoms with E-state index in [2.05, 4.69) is 10.3 Å². The van der Waals surface area contributed by atoms with Gasteiger partial charge in [-0.05, 0) is 24.3 Å². The van der Waals surface area contributed by atoms with Gasteiger partial charge in [0.1, 0.15) is 5.75 Å². The van der Waals surface area contributed by atoms with Gasteiger partial charge >= 0.3 is 6.18 Å². The smallest absolute Gasteiger partial charge is 0.418 e. The predicted molar refractivity (Wildman–Crippen MR) is 119 cm³/mol. The summed E-state index contributed by atoms with van der Waals surface area (Å²) in [6, 6.07) is 12.0. The summed E-state index contributed by atoms with van der Waals surface area (Å²) < 4.78 is 46.3. The minimum atomic E-state index is -4.60. The van der Waals surface area contributed by atoms with Crippen LogP contribution in [0, 0.1) is 0 Å². The first kappa shape index (κ1) is 24.2. The Morgan fingerprint density at radius 2 is 1.94 bits per heavy atom. The SMILES string of the molecule is COc1cccc(-n2ccnc2SCC(=O)N(C)CC(=O)Nc2ccccc2C(F)(F)F)c1. The number of para-hydroxylation sites is 1. The molecular weight excluding hydrogens is 457 g/mol. The van der Waals surface area contributed by atoms with Gasteiger partial charge in [0.25, 0.3) is 0 Å². The van der Waals surface area contributed by atoms with Gasteiger partial charge in [0.2, 0.25) is 11.8 Å². The van der Waals surface area contributed by atoms with Gasteiger partial charge in [-0.15, -0.1) is 0 Å². The number of hydrogen-bond acceptors (Lipinski definition) is 5. The summed E-state index contributed by atoms with van der Waals surface area (Å²) in [6.45, 7) is -0.393. The number of amides is 2. The van der Waals surface area contributed by atoms with Crippen molar-refractivity contribution < 1.29 is 27.5 Å². The van der Waals surface area contributed by atoms with Crippen molar-refractivity contribution in [3.05, 3.63) is 66.5 Å². The van der Waals surface area contributed by atoms with Gasteiger partial charge in [-0.1, -0.05) is 30.0 Å². The van der Waals surface area contributed by atoms with Crippen LogP contribution in [0.3, 0.4) is 0 Å². The van der Waals surface area contributed by atoms with Crippen LogP contribution in [0.1, 0.15) is 5.56 Å². The quantitative estimate of drug-likeness (QED) is 0.494. The number of aromatic nitrogens is 2. The highest BCUT2D eigenvalue weighted by atomic mass is 32.2. The van der Waals surface area contributed by atoms with Gasteiger partial charge in [0.05, 0.1) is 36.3 Å². The number of thioether (sulfide) groups is 1. The number of benzene rings is 2. The number of methoxy groups -OCH3 is 1. The van der Waals surface area contributed by atoms with E-state index in [0.717, 1.165) is 22.7 Å². The lowest BCUT2D eigenvalue weighted by atomic mass is 10.1. The maximum atomic E-state index is 13.1. The zero-order valence-corrected chi connectivity index (χ0v) is 18.6. The molecule has 3 rings (SSSR count). The van der Waals surface area contributed by atoms with Gasteiger partial charge < -0.3 is 15.0 Å². The second-order valence-electron chi connectivity index (χ2n) is 6.91. The molecule has 0 aliphatic carbocycles. The molecule has 174 valence electrons. The van der Waals surface area contributed by atoms with Crippen molar-refractivity contribution in [2.24, 2.45) is 0 Å². The maximum absolute atomic E-state index is 13.1. The van der Waals surface area contributed by atoms with E-state index in [0.29, 0.717) is 10.9 Å². The summed E-state index contributed by atoms with van der Waals surface area (Å²) in [5, 5.41) is 2.79. The highest BCUT2D eigenvalue weighted by molar-refractivity contribution is 7.99. The Labute approximate surface area is 192 Å². The normalized spacial score (nSPS) is 11.2. The van der Waals surface area contributed by atoms with Gasteiger partial charge in [0.15, 0.2) is 5.16 Å². The number of carbonyl (C=O) groups excluding carboxylic acids is 2. The van der Waals surface area contributed by atoms with Crippen LogP contribution in [0.25, 0.3) is 5.69 Å². The van der Waals surface area contributed by atoms with Crippen molar-refractivity contribution in [2.75, 3.05) is 31.8 Å². The van der Waals surface area contributed by atoms with Crippen LogP contribution in [0.4, 0.5) is 18.9 Å². The number of carbonyl (C=O) groups is 2. The largest absolute Gasteiger partial charge is 0.497 e. The van der Waals surface area contributed by atoms with Crippen molar-refractivity contribution >= 4 is 29.3 Å². The first-order chi connectivity index (χ1) is 15.7. The fourth-order valence-corrected chi connectivity index (χ4v) is 3.84. The Kier molecular flexibility index (Phi) is 7.64. The van der Waals surface area contributed by atoms with E-state index in [9.17, 15) is 22.8 Å². The van der Waals surface area contributed by atoms with Gasteiger partial charge in [-0.2, -0.15) is 13.2 Å². The summed E-state index contributed by atoms with van der Waals surface area (Å²) in [5.41, 5.74) is -0.504. The van der Waals surface area contributed by atoms with Gasteiger partial charge in [-0.25, -0.2) is 4.98 Å². The molecule has 0 spiro atoms. The number of rotatable bonds is 8. The standard InChI is InChI=1S/C22H21F3N4O3S/c1-28(13-19(30)27-18-9-4-3-8-17(18)22(23,24)25)20(31)14-33-21-26-10-11-29(21)15-6-5-7-16(12-15)32-2/h3-12H,13-14H2,1-2H3,(H,27,30). The highest BCUT2D eigenvalue weighted by Gasteiger charge is 2.33. The molecule has 0 radical (unpaired) electrons. The summed E-state index contributed by atoms with van der Waals surface area (Å²) in [5.74, 6) is -0.444. The zero-order chi connectivity index (χ0) is 24.0. The van der Waals surface area contributed by atoms with E-state index in [1.54, 1.807) is 24.1 Å². The number of anilines is 1. The molecule has 7 nitrogen and oxygen atoms in total. The summed E-state index contributed by atoms with van der Waals surface area (Å²) >= 11 is 1.17. The minimum absolute atomic E-state index is 0.0100. The van der Waals surface area contributed by atoms with Crippen molar-refractivity contribution in [1.82, 2.24) is 14.5 Å². The van der Waals surface area contributed by atoms with Crippen molar-refractivity contribution in [3.8, 4) is 11.4 Å². The number of nitrogens with zero attached hydrogens (tertiary/aromatic N) is 3. The average molecular weight is 478 g/mol. The molecular formula is C22H21F3N4O3S. The number of imidazole rings is 1. The Bertz CT molecular complexity index is 1130. The van der Waals surface area contributed by atoms with E-state index in [1.165, 1.54) is 30.9 Å². The minimum Gasteiger partial charge on any atom is -0.497 e. The lowest BCUT2D eigenvalue weighted by Crippen LogP contribution is -2.36. The average Bonchev–Trinajstić information content (AvgIpc) is 3.25. The summed E-state index contributed by atoms with van der Waals surface area (Å²) in [6.07, 6.45) is -1.26. The molecule has 0 atom stereocenters. The second kappa shape index (κ2) is 10.4. The third-order valence-electron chi connectivity index (χ3n) is 4.58. The summed E-state index contributed by atoms with van der Waals surface area (Å²) in [4.78, 5) is 30.1. The van der Waals surface area contributed by atoms with Crippen molar-refractivity contribution in [3.63, 3.8) is 0 Å². The molecule has 0 fully saturated rings. The van der Waals surface area contributed by atoms with Crippen molar-refractivity contribution in [2.45, 2.75) is 11.3 Å². The summed E-state index contributed by atoms with van der Waals surface area (Å²) in [7, 11) is 2.97. The molecule has 0 saturated heterocycles. The van der Waals surface area contributed by atoms with Crippen LogP contribution in [0.2, 0.25) is 0 Å². The topological polar surface area (TPSA) is 76.5 Å². The van der Waals surface area contributed by atoms with Crippen LogP contribution >= 0.6 is 11.8 Å². The molecule has 2 aromatic carbocycles. The third-order valence-corrected chi connectivity index (χ3v) is 5.53. The monoisotopic (exact) mass is 478 g/mol. The molecule has 0 aliphatic heterocycles. The maximum Gasteiger partial charge on any atom is 0.418 e. The lowest BCUT2D eigenvalue weighted by molar-refractivity contribution is -0.137. The predicted octanol–water partition coefficient (Wildman–Crippen LogP) is 4.09. The molecule has 0 unspecified atom stereocenters. The lowest BCUT2D eigenvalue weighted by Gasteiger charge is -2.18. The highest BCUT2D eigenvalue weighted by Crippen LogP contribution is 2.34. The Hall–Kier alpha value is -3.47. The molecule has 33 heavy (non-hydrogen) atoms. The first-order valence-electron chi connectivity index (χ1n) is 9.69. The molecule has 1 heterocycles. The molecule has 0 saturated carbocycles. The van der Waals surface area contributed by atoms with Crippen LogP contribution in [0.5, 0.6) is 5.75 Å². The fraction of sp³-hybridized carbons (Fsp3) is 0.227. The molecule has 3 aromatic rings. The molecule has 2 amide bonds. The molecule has 11 heteroatoms. The van der Waals surface area contributed by atoms with E-state index in [-0.39, 0.29) is 17.3 Å². The number of nitrogens with one attached hydrogen (secondary N) is 1. The van der Waals surface area contributed by atoms with Gasteiger partial charge in [0, 0.05) is 25.5 Å².